The monoisotopic (exact) mass is 270 g/mol. The summed E-state index contributed by atoms with van der Waals surface area (Å²) in [5.74, 6) is 0. The highest BCUT2D eigenvalue weighted by Crippen LogP contribution is 2.26. The summed E-state index contributed by atoms with van der Waals surface area (Å²) in [6.45, 7) is 9.97. The number of aromatic nitrogens is 2. The van der Waals surface area contributed by atoms with Crippen LogP contribution in [0.25, 0.3) is 10.9 Å². The number of fused-ring (bicyclic) bond motifs is 1. The van der Waals surface area contributed by atoms with Crippen molar-refractivity contribution in [2.24, 2.45) is 0 Å². The smallest absolute Gasteiger partial charge is 0.116 e. The molecule has 4 nitrogen and oxygen atoms in total. The second-order valence-corrected chi connectivity index (χ2v) is 5.46. The molecule has 0 N–H and O–H groups in total. The SMILES string of the molecule is CCCN1CCN(c2cccc3c(C)ncnc23)CC1. The number of piperazine rings is 1. The molecule has 0 atom stereocenters. The lowest BCUT2D eigenvalue weighted by molar-refractivity contribution is 0.258. The second kappa shape index (κ2) is 5.75. The van der Waals surface area contributed by atoms with E-state index in [4.69, 9.17) is 0 Å². The molecule has 20 heavy (non-hydrogen) atoms. The van der Waals surface area contributed by atoms with Crippen molar-refractivity contribution >= 4 is 16.6 Å². The number of aryl methyl sites for hydroxylation is 1. The first kappa shape index (κ1) is 13.3. The molecule has 2 aromatic rings. The fourth-order valence-corrected chi connectivity index (χ4v) is 2.99. The predicted octanol–water partition coefficient (Wildman–Crippen LogP) is 2.47. The summed E-state index contributed by atoms with van der Waals surface area (Å²) in [7, 11) is 0. The minimum Gasteiger partial charge on any atom is -0.367 e. The van der Waals surface area contributed by atoms with E-state index in [0.717, 1.165) is 37.4 Å². The number of hydrogen-bond acceptors (Lipinski definition) is 4. The van der Waals surface area contributed by atoms with Crippen LogP contribution >= 0.6 is 0 Å². The Kier molecular flexibility index (Phi) is 3.83. The van der Waals surface area contributed by atoms with Gasteiger partial charge in [-0.3, -0.25) is 4.90 Å². The molecule has 0 unspecified atom stereocenters. The molecule has 2 heterocycles. The molecule has 106 valence electrons. The Morgan fingerprint density at radius 2 is 1.90 bits per heavy atom. The maximum absolute atomic E-state index is 4.51. The van der Waals surface area contributed by atoms with E-state index in [9.17, 15) is 0 Å². The Bertz CT molecular complexity index is 588. The maximum Gasteiger partial charge on any atom is 0.116 e. The molecule has 4 heteroatoms. The average Bonchev–Trinajstić information content (AvgIpc) is 2.48. The van der Waals surface area contributed by atoms with E-state index >= 15 is 0 Å². The van der Waals surface area contributed by atoms with Gasteiger partial charge in [-0.25, -0.2) is 9.97 Å². The van der Waals surface area contributed by atoms with Crippen molar-refractivity contribution in [2.75, 3.05) is 37.6 Å². The highest BCUT2D eigenvalue weighted by atomic mass is 15.3. The zero-order valence-electron chi connectivity index (χ0n) is 12.3. The number of nitrogens with zero attached hydrogens (tertiary/aromatic N) is 4. The first-order chi connectivity index (χ1) is 9.79. The van der Waals surface area contributed by atoms with Crippen LogP contribution < -0.4 is 4.90 Å². The standard InChI is InChI=1S/C16H22N4/c1-3-7-19-8-10-20(11-9-19)15-6-4-5-14-13(2)17-12-18-16(14)15/h4-6,12H,3,7-11H2,1-2H3. The Balaban J connectivity index is 1.86. The number of para-hydroxylation sites is 1. The van der Waals surface area contributed by atoms with Crippen molar-refractivity contribution in [3.63, 3.8) is 0 Å². The van der Waals surface area contributed by atoms with Gasteiger partial charge in [0.05, 0.1) is 11.2 Å². The Morgan fingerprint density at radius 3 is 2.65 bits per heavy atom. The quantitative estimate of drug-likeness (QED) is 0.857. The topological polar surface area (TPSA) is 32.3 Å². The van der Waals surface area contributed by atoms with Crippen molar-refractivity contribution in [3.05, 3.63) is 30.2 Å². The average molecular weight is 270 g/mol. The van der Waals surface area contributed by atoms with Crippen LogP contribution in [0.2, 0.25) is 0 Å². The molecule has 0 amide bonds. The van der Waals surface area contributed by atoms with Crippen LogP contribution in [0.3, 0.4) is 0 Å². The molecule has 1 fully saturated rings. The molecule has 3 rings (SSSR count). The molecule has 1 aromatic carbocycles. The third kappa shape index (κ3) is 2.48. The van der Waals surface area contributed by atoms with Crippen molar-refractivity contribution in [3.8, 4) is 0 Å². The van der Waals surface area contributed by atoms with Crippen molar-refractivity contribution in [1.82, 2.24) is 14.9 Å². The molecular formula is C16H22N4. The molecular weight excluding hydrogens is 248 g/mol. The third-order valence-electron chi connectivity index (χ3n) is 4.10. The molecule has 0 spiro atoms. The van der Waals surface area contributed by atoms with Crippen LogP contribution in [0.15, 0.2) is 24.5 Å². The Hall–Kier alpha value is -1.68. The predicted molar refractivity (Wildman–Crippen MR) is 83.2 cm³/mol. The Labute approximate surface area is 120 Å². The zero-order valence-corrected chi connectivity index (χ0v) is 12.3. The number of hydrogen-bond donors (Lipinski definition) is 0. The van der Waals surface area contributed by atoms with Gasteiger partial charge < -0.3 is 4.90 Å². The van der Waals surface area contributed by atoms with Gasteiger partial charge in [-0.05, 0) is 26.0 Å². The van der Waals surface area contributed by atoms with Gasteiger partial charge in [-0.15, -0.1) is 0 Å². The van der Waals surface area contributed by atoms with E-state index in [0.29, 0.717) is 0 Å². The van der Waals surface area contributed by atoms with Crippen LogP contribution in [-0.2, 0) is 0 Å². The van der Waals surface area contributed by atoms with Crippen molar-refractivity contribution in [1.29, 1.82) is 0 Å². The third-order valence-corrected chi connectivity index (χ3v) is 4.10. The summed E-state index contributed by atoms with van der Waals surface area (Å²) in [5, 5.41) is 1.17. The maximum atomic E-state index is 4.51. The van der Waals surface area contributed by atoms with Gasteiger partial charge in [0, 0.05) is 37.3 Å². The lowest BCUT2D eigenvalue weighted by Crippen LogP contribution is -2.46. The number of rotatable bonds is 3. The first-order valence-corrected chi connectivity index (χ1v) is 7.47. The molecule has 0 aliphatic carbocycles. The molecule has 0 radical (unpaired) electrons. The van der Waals surface area contributed by atoms with Gasteiger partial charge in [0.25, 0.3) is 0 Å². The summed E-state index contributed by atoms with van der Waals surface area (Å²) < 4.78 is 0. The summed E-state index contributed by atoms with van der Waals surface area (Å²) in [6.07, 6.45) is 2.91. The molecule has 1 aromatic heterocycles. The van der Waals surface area contributed by atoms with E-state index in [-0.39, 0.29) is 0 Å². The highest BCUT2D eigenvalue weighted by molar-refractivity contribution is 5.92. The summed E-state index contributed by atoms with van der Waals surface area (Å²) in [5.41, 5.74) is 3.40. The van der Waals surface area contributed by atoms with E-state index in [1.165, 1.54) is 24.0 Å². The fraction of sp³-hybridized carbons (Fsp3) is 0.500. The van der Waals surface area contributed by atoms with Crippen molar-refractivity contribution in [2.45, 2.75) is 20.3 Å². The van der Waals surface area contributed by atoms with Crippen LogP contribution in [0.5, 0.6) is 0 Å². The van der Waals surface area contributed by atoms with Crippen LogP contribution in [0, 0.1) is 6.92 Å². The number of anilines is 1. The minimum absolute atomic E-state index is 1.06. The first-order valence-electron chi connectivity index (χ1n) is 7.47. The zero-order chi connectivity index (χ0) is 13.9. The van der Waals surface area contributed by atoms with Crippen LogP contribution in [-0.4, -0.2) is 47.6 Å². The van der Waals surface area contributed by atoms with E-state index in [1.807, 2.05) is 6.92 Å². The Morgan fingerprint density at radius 1 is 1.10 bits per heavy atom. The lowest BCUT2D eigenvalue weighted by Gasteiger charge is -2.36. The van der Waals surface area contributed by atoms with Gasteiger partial charge in [0.15, 0.2) is 0 Å². The van der Waals surface area contributed by atoms with Gasteiger partial charge in [0.2, 0.25) is 0 Å². The van der Waals surface area contributed by atoms with Gasteiger partial charge in [0.1, 0.15) is 6.33 Å². The van der Waals surface area contributed by atoms with E-state index < -0.39 is 0 Å². The van der Waals surface area contributed by atoms with Crippen molar-refractivity contribution < 1.29 is 0 Å². The molecule has 0 saturated carbocycles. The largest absolute Gasteiger partial charge is 0.367 e. The normalized spacial score (nSPS) is 16.8. The molecule has 1 aliphatic heterocycles. The van der Waals surface area contributed by atoms with Gasteiger partial charge >= 0.3 is 0 Å². The fourth-order valence-electron chi connectivity index (χ4n) is 2.99. The van der Waals surface area contributed by atoms with E-state index in [2.05, 4.69) is 44.9 Å². The number of benzene rings is 1. The van der Waals surface area contributed by atoms with Crippen LogP contribution in [0.1, 0.15) is 19.0 Å². The second-order valence-electron chi connectivity index (χ2n) is 5.46. The van der Waals surface area contributed by atoms with Crippen LogP contribution in [0.4, 0.5) is 5.69 Å². The van der Waals surface area contributed by atoms with Gasteiger partial charge in [-0.2, -0.15) is 0 Å². The molecule has 1 saturated heterocycles. The van der Waals surface area contributed by atoms with E-state index in [1.54, 1.807) is 6.33 Å². The van der Waals surface area contributed by atoms with Gasteiger partial charge in [-0.1, -0.05) is 19.1 Å². The molecule has 0 bridgehead atoms. The molecule has 1 aliphatic rings. The highest BCUT2D eigenvalue weighted by Gasteiger charge is 2.18. The summed E-state index contributed by atoms with van der Waals surface area (Å²) in [6, 6.07) is 6.41. The lowest BCUT2D eigenvalue weighted by atomic mass is 10.1. The summed E-state index contributed by atoms with van der Waals surface area (Å²) in [4.78, 5) is 13.8. The minimum atomic E-state index is 1.06. The summed E-state index contributed by atoms with van der Waals surface area (Å²) >= 11 is 0.